The van der Waals surface area contributed by atoms with Gasteiger partial charge in [0.1, 0.15) is 11.6 Å². The van der Waals surface area contributed by atoms with Crippen molar-refractivity contribution in [2.75, 3.05) is 7.11 Å². The zero-order valence-corrected chi connectivity index (χ0v) is 15.7. The summed E-state index contributed by atoms with van der Waals surface area (Å²) in [6.07, 6.45) is -0.181. The van der Waals surface area contributed by atoms with Crippen molar-refractivity contribution < 1.29 is 19.0 Å². The first-order valence-electron chi connectivity index (χ1n) is 9.39. The molecule has 5 nitrogen and oxygen atoms in total. The number of halogens is 1. The van der Waals surface area contributed by atoms with Gasteiger partial charge < -0.3 is 14.6 Å². The van der Waals surface area contributed by atoms with Crippen LogP contribution >= 0.6 is 0 Å². The molecule has 29 heavy (non-hydrogen) atoms. The first-order valence-corrected chi connectivity index (χ1v) is 9.39. The standard InChI is InChI=1S/C23H19FN2O3/c1-28-21-12-6-9-16-19-13-18(15-8-3-5-11-20(15)27)25-26(19)23(29-22(16)21)14-7-2-4-10-17(14)24/h2-12,19,23,27H,13H2,1H3/t19-,23-/m0/s1. The molecule has 2 atom stereocenters. The third-order valence-electron chi connectivity index (χ3n) is 5.39. The largest absolute Gasteiger partial charge is 0.507 e. The number of hydrogen-bond donors (Lipinski definition) is 1. The Morgan fingerprint density at radius 1 is 1.03 bits per heavy atom. The van der Waals surface area contributed by atoms with Crippen LogP contribution in [0.5, 0.6) is 17.2 Å². The van der Waals surface area contributed by atoms with E-state index in [1.54, 1.807) is 42.5 Å². The van der Waals surface area contributed by atoms with Crippen LogP contribution in [0.2, 0.25) is 0 Å². The van der Waals surface area contributed by atoms with E-state index < -0.39 is 6.23 Å². The van der Waals surface area contributed by atoms with Crippen LogP contribution in [0.1, 0.15) is 35.4 Å². The van der Waals surface area contributed by atoms with Crippen LogP contribution in [0.4, 0.5) is 4.39 Å². The zero-order chi connectivity index (χ0) is 20.0. The number of aromatic hydroxyl groups is 1. The van der Waals surface area contributed by atoms with Crippen LogP contribution in [0.3, 0.4) is 0 Å². The molecule has 0 saturated carbocycles. The fourth-order valence-electron chi connectivity index (χ4n) is 4.01. The number of ether oxygens (including phenoxy) is 2. The molecular formula is C23H19FN2O3. The summed E-state index contributed by atoms with van der Waals surface area (Å²) in [4.78, 5) is 0. The molecule has 0 radical (unpaired) electrons. The van der Waals surface area contributed by atoms with Crippen LogP contribution < -0.4 is 9.47 Å². The van der Waals surface area contributed by atoms with Gasteiger partial charge in [-0.2, -0.15) is 5.10 Å². The minimum absolute atomic E-state index is 0.159. The van der Waals surface area contributed by atoms with Gasteiger partial charge in [0.2, 0.25) is 6.23 Å². The van der Waals surface area contributed by atoms with Crippen LogP contribution in [0.15, 0.2) is 71.8 Å². The molecule has 0 aromatic heterocycles. The summed E-state index contributed by atoms with van der Waals surface area (Å²) in [5.74, 6) is 0.999. The quantitative estimate of drug-likeness (QED) is 0.699. The van der Waals surface area contributed by atoms with Gasteiger partial charge in [0.05, 0.1) is 24.4 Å². The summed E-state index contributed by atoms with van der Waals surface area (Å²) >= 11 is 0. The third-order valence-corrected chi connectivity index (χ3v) is 5.39. The maximum absolute atomic E-state index is 14.6. The number of nitrogens with zero attached hydrogens (tertiary/aromatic N) is 2. The maximum atomic E-state index is 14.6. The Hall–Kier alpha value is -3.54. The van der Waals surface area contributed by atoms with Crippen LogP contribution in [0, 0.1) is 5.82 Å². The van der Waals surface area contributed by atoms with Crippen molar-refractivity contribution in [2.24, 2.45) is 5.10 Å². The minimum Gasteiger partial charge on any atom is -0.507 e. The van der Waals surface area contributed by atoms with E-state index in [1.165, 1.54) is 6.07 Å². The van der Waals surface area contributed by atoms with Gasteiger partial charge >= 0.3 is 0 Å². The Morgan fingerprint density at radius 2 is 1.79 bits per heavy atom. The van der Waals surface area contributed by atoms with E-state index in [9.17, 15) is 9.50 Å². The van der Waals surface area contributed by atoms with E-state index in [-0.39, 0.29) is 17.6 Å². The van der Waals surface area contributed by atoms with Crippen molar-refractivity contribution in [1.29, 1.82) is 0 Å². The molecule has 0 aliphatic carbocycles. The molecule has 146 valence electrons. The predicted molar refractivity (Wildman–Crippen MR) is 107 cm³/mol. The second kappa shape index (κ2) is 6.81. The number of para-hydroxylation sites is 2. The molecule has 2 heterocycles. The van der Waals surface area contributed by atoms with Crippen LogP contribution in [-0.2, 0) is 0 Å². The van der Waals surface area contributed by atoms with E-state index in [4.69, 9.17) is 14.6 Å². The van der Waals surface area contributed by atoms with Gasteiger partial charge in [-0.15, -0.1) is 0 Å². The van der Waals surface area contributed by atoms with Crippen LogP contribution in [-0.4, -0.2) is 22.9 Å². The molecule has 0 saturated heterocycles. The van der Waals surface area contributed by atoms with Crippen molar-refractivity contribution in [3.63, 3.8) is 0 Å². The SMILES string of the molecule is COc1cccc2c1O[C@@H](c1ccccc1F)N1N=C(c3ccccc3O)C[C@@H]21. The molecule has 0 unspecified atom stereocenters. The molecule has 3 aromatic rings. The highest BCUT2D eigenvalue weighted by atomic mass is 19.1. The lowest BCUT2D eigenvalue weighted by Crippen LogP contribution is -2.34. The third kappa shape index (κ3) is 2.79. The van der Waals surface area contributed by atoms with Crippen molar-refractivity contribution >= 4 is 5.71 Å². The summed E-state index contributed by atoms with van der Waals surface area (Å²) in [5.41, 5.74) is 2.72. The highest BCUT2D eigenvalue weighted by molar-refractivity contribution is 6.04. The zero-order valence-electron chi connectivity index (χ0n) is 15.7. The fourth-order valence-corrected chi connectivity index (χ4v) is 4.01. The summed E-state index contributed by atoms with van der Waals surface area (Å²) in [6, 6.07) is 19.2. The first-order chi connectivity index (χ1) is 14.2. The fraction of sp³-hybridized carbons (Fsp3) is 0.174. The normalized spacial score (nSPS) is 19.8. The number of rotatable bonds is 3. The Bertz CT molecular complexity index is 1110. The molecule has 1 N–H and O–H groups in total. The maximum Gasteiger partial charge on any atom is 0.216 e. The lowest BCUT2D eigenvalue weighted by Gasteiger charge is -2.38. The minimum atomic E-state index is -0.742. The van der Waals surface area contributed by atoms with Gasteiger partial charge in [0.25, 0.3) is 0 Å². The Kier molecular flexibility index (Phi) is 4.12. The summed E-state index contributed by atoms with van der Waals surface area (Å²) in [7, 11) is 1.59. The number of benzene rings is 3. The van der Waals surface area contributed by atoms with Crippen LogP contribution in [0.25, 0.3) is 0 Å². The molecule has 0 spiro atoms. The summed E-state index contributed by atoms with van der Waals surface area (Å²) < 4.78 is 26.4. The number of methoxy groups -OCH3 is 1. The van der Waals surface area contributed by atoms with E-state index in [1.807, 2.05) is 30.3 Å². The smallest absolute Gasteiger partial charge is 0.216 e. The average Bonchev–Trinajstić information content (AvgIpc) is 3.19. The molecule has 3 aromatic carbocycles. The molecule has 0 amide bonds. The van der Waals surface area contributed by atoms with Crippen molar-refractivity contribution in [2.45, 2.75) is 18.7 Å². The number of phenols is 1. The second-order valence-electron chi connectivity index (χ2n) is 7.03. The van der Waals surface area contributed by atoms with E-state index >= 15 is 0 Å². The molecule has 2 aliphatic rings. The average molecular weight is 390 g/mol. The lowest BCUT2D eigenvalue weighted by atomic mass is 9.95. The second-order valence-corrected chi connectivity index (χ2v) is 7.03. The first kappa shape index (κ1) is 17.6. The monoisotopic (exact) mass is 390 g/mol. The van der Waals surface area contributed by atoms with E-state index in [2.05, 4.69) is 0 Å². The Labute approximate surface area is 167 Å². The topological polar surface area (TPSA) is 54.3 Å². The van der Waals surface area contributed by atoms with Gasteiger partial charge in [-0.05, 0) is 24.3 Å². The van der Waals surface area contributed by atoms with Gasteiger partial charge in [0.15, 0.2) is 11.5 Å². The highest BCUT2D eigenvalue weighted by Crippen LogP contribution is 2.51. The number of hydrogen-bond acceptors (Lipinski definition) is 5. The van der Waals surface area contributed by atoms with Gasteiger partial charge in [-0.1, -0.05) is 42.5 Å². The molecule has 2 aliphatic heterocycles. The summed E-state index contributed by atoms with van der Waals surface area (Å²) in [5, 5.41) is 16.8. The van der Waals surface area contributed by atoms with E-state index in [0.29, 0.717) is 29.0 Å². The molecule has 6 heteroatoms. The Balaban J connectivity index is 1.66. The molecule has 5 rings (SSSR count). The number of fused-ring (bicyclic) bond motifs is 3. The molecular weight excluding hydrogens is 371 g/mol. The number of phenolic OH excluding ortho intramolecular Hbond substituents is 1. The van der Waals surface area contributed by atoms with Gasteiger partial charge in [0, 0.05) is 17.5 Å². The van der Waals surface area contributed by atoms with Gasteiger partial charge in [-0.3, -0.25) is 0 Å². The molecule has 0 bridgehead atoms. The van der Waals surface area contributed by atoms with Crippen molar-refractivity contribution in [1.82, 2.24) is 5.01 Å². The summed E-state index contributed by atoms with van der Waals surface area (Å²) in [6.45, 7) is 0. The van der Waals surface area contributed by atoms with Crippen molar-refractivity contribution in [3.05, 3.63) is 89.2 Å². The number of hydrazone groups is 1. The lowest BCUT2D eigenvalue weighted by molar-refractivity contribution is -0.0230. The van der Waals surface area contributed by atoms with E-state index in [0.717, 1.165) is 11.3 Å². The van der Waals surface area contributed by atoms with Crippen molar-refractivity contribution in [3.8, 4) is 17.2 Å². The Morgan fingerprint density at radius 3 is 2.59 bits per heavy atom. The molecule has 0 fully saturated rings. The highest BCUT2D eigenvalue weighted by Gasteiger charge is 2.43. The van der Waals surface area contributed by atoms with Gasteiger partial charge in [-0.25, -0.2) is 9.40 Å². The predicted octanol–water partition coefficient (Wildman–Crippen LogP) is 4.78.